The molecule has 1 heterocycles. The summed E-state index contributed by atoms with van der Waals surface area (Å²) in [6, 6.07) is 16.9. The van der Waals surface area contributed by atoms with E-state index in [0.29, 0.717) is 0 Å². The number of benzene rings is 2. The van der Waals surface area contributed by atoms with Crippen molar-refractivity contribution in [3.8, 4) is 11.4 Å². The van der Waals surface area contributed by atoms with E-state index >= 15 is 0 Å². The van der Waals surface area contributed by atoms with Gasteiger partial charge in [0, 0.05) is 17.4 Å². The van der Waals surface area contributed by atoms with E-state index in [1.807, 2.05) is 60.3 Å². The highest BCUT2D eigenvalue weighted by Gasteiger charge is 2.06. The van der Waals surface area contributed by atoms with Gasteiger partial charge in [0.2, 0.25) is 0 Å². The fourth-order valence-electron chi connectivity index (χ4n) is 1.98. The number of nitrogens with zero attached hydrogens (tertiary/aromatic N) is 2. The molecule has 0 fully saturated rings. The molecule has 0 amide bonds. The molecule has 100 valence electrons. The lowest BCUT2D eigenvalue weighted by Crippen LogP contribution is -1.96. The maximum absolute atomic E-state index is 9.28. The van der Waals surface area contributed by atoms with Gasteiger partial charge in [-0.05, 0) is 43.3 Å². The Kier molecular flexibility index (Phi) is 3.13. The summed E-state index contributed by atoms with van der Waals surface area (Å²) in [7, 11) is 0. The molecular formula is C16H15N3O. The second-order valence-corrected chi connectivity index (χ2v) is 4.61. The van der Waals surface area contributed by atoms with E-state index in [9.17, 15) is 5.11 Å². The van der Waals surface area contributed by atoms with Gasteiger partial charge in [-0.1, -0.05) is 18.2 Å². The predicted molar refractivity (Wildman–Crippen MR) is 79.7 cm³/mol. The number of aromatic hydroxyl groups is 1. The molecule has 0 spiro atoms. The molecule has 0 bridgehead atoms. The number of phenols is 1. The van der Waals surface area contributed by atoms with Crippen molar-refractivity contribution in [2.24, 2.45) is 0 Å². The molecule has 0 aliphatic carbocycles. The summed E-state index contributed by atoms with van der Waals surface area (Å²) in [5.74, 6) is 1.06. The third kappa shape index (κ3) is 2.49. The number of aromatic nitrogens is 2. The minimum atomic E-state index is 0.252. The SMILES string of the molecule is Cc1cn(-c2ccccc2)nc1Nc1ccc(O)cc1. The van der Waals surface area contributed by atoms with Gasteiger partial charge in [-0.2, -0.15) is 0 Å². The molecule has 0 saturated carbocycles. The van der Waals surface area contributed by atoms with Gasteiger partial charge < -0.3 is 10.4 Å². The van der Waals surface area contributed by atoms with Crippen molar-refractivity contribution in [1.29, 1.82) is 0 Å². The normalized spacial score (nSPS) is 10.4. The smallest absolute Gasteiger partial charge is 0.155 e. The quantitative estimate of drug-likeness (QED) is 0.711. The van der Waals surface area contributed by atoms with Crippen molar-refractivity contribution in [3.63, 3.8) is 0 Å². The Morgan fingerprint density at radius 3 is 2.40 bits per heavy atom. The van der Waals surface area contributed by atoms with Crippen LogP contribution in [0.3, 0.4) is 0 Å². The molecule has 0 atom stereocenters. The van der Waals surface area contributed by atoms with E-state index in [2.05, 4.69) is 10.4 Å². The third-order valence-electron chi connectivity index (χ3n) is 3.05. The fourth-order valence-corrected chi connectivity index (χ4v) is 1.98. The van der Waals surface area contributed by atoms with Crippen LogP contribution < -0.4 is 5.32 Å². The Hall–Kier alpha value is -2.75. The van der Waals surface area contributed by atoms with Gasteiger partial charge >= 0.3 is 0 Å². The van der Waals surface area contributed by atoms with E-state index < -0.39 is 0 Å². The Labute approximate surface area is 117 Å². The van der Waals surface area contributed by atoms with Gasteiger partial charge in [-0.15, -0.1) is 5.10 Å². The molecule has 2 aromatic carbocycles. The van der Waals surface area contributed by atoms with Crippen LogP contribution in [0.2, 0.25) is 0 Å². The summed E-state index contributed by atoms with van der Waals surface area (Å²) in [6.45, 7) is 2.01. The Balaban J connectivity index is 1.88. The second-order valence-electron chi connectivity index (χ2n) is 4.61. The minimum Gasteiger partial charge on any atom is -0.508 e. The molecule has 1 aromatic heterocycles. The van der Waals surface area contributed by atoms with Crippen molar-refractivity contribution < 1.29 is 5.11 Å². The lowest BCUT2D eigenvalue weighted by molar-refractivity contribution is 0.475. The van der Waals surface area contributed by atoms with Gasteiger partial charge in [0.25, 0.3) is 0 Å². The van der Waals surface area contributed by atoms with Crippen molar-refractivity contribution in [1.82, 2.24) is 9.78 Å². The average molecular weight is 265 g/mol. The second kappa shape index (κ2) is 5.09. The number of aryl methyl sites for hydroxylation is 1. The molecule has 0 radical (unpaired) electrons. The first-order chi connectivity index (χ1) is 9.72. The van der Waals surface area contributed by atoms with E-state index in [1.54, 1.807) is 12.1 Å². The lowest BCUT2D eigenvalue weighted by atomic mass is 10.3. The molecule has 3 rings (SSSR count). The largest absolute Gasteiger partial charge is 0.508 e. The summed E-state index contributed by atoms with van der Waals surface area (Å²) in [5.41, 5.74) is 2.97. The van der Waals surface area contributed by atoms with E-state index in [-0.39, 0.29) is 5.75 Å². The highest BCUT2D eigenvalue weighted by molar-refractivity contribution is 5.59. The van der Waals surface area contributed by atoms with Gasteiger partial charge in [-0.25, -0.2) is 4.68 Å². The van der Waals surface area contributed by atoms with E-state index in [1.165, 1.54) is 0 Å². The zero-order valence-electron chi connectivity index (χ0n) is 11.1. The van der Waals surface area contributed by atoms with Crippen LogP contribution in [0.15, 0.2) is 60.8 Å². The first-order valence-corrected chi connectivity index (χ1v) is 6.40. The molecule has 0 saturated heterocycles. The summed E-state index contributed by atoms with van der Waals surface area (Å²) < 4.78 is 1.85. The van der Waals surface area contributed by atoms with Crippen LogP contribution in [0.25, 0.3) is 5.69 Å². The van der Waals surface area contributed by atoms with Crippen LogP contribution in [0.5, 0.6) is 5.75 Å². The van der Waals surface area contributed by atoms with Crippen LogP contribution in [-0.4, -0.2) is 14.9 Å². The minimum absolute atomic E-state index is 0.252. The van der Waals surface area contributed by atoms with Crippen molar-refractivity contribution in [2.45, 2.75) is 6.92 Å². The number of phenolic OH excluding ortho intramolecular Hbond substituents is 1. The molecular weight excluding hydrogens is 250 g/mol. The van der Waals surface area contributed by atoms with Gasteiger partial charge in [0.1, 0.15) is 5.75 Å². The number of hydrogen-bond acceptors (Lipinski definition) is 3. The molecule has 4 nitrogen and oxygen atoms in total. The van der Waals surface area contributed by atoms with Crippen LogP contribution in [-0.2, 0) is 0 Å². The standard InChI is InChI=1S/C16H15N3O/c1-12-11-19(14-5-3-2-4-6-14)18-16(12)17-13-7-9-15(20)10-8-13/h2-11,20H,1H3,(H,17,18). The zero-order chi connectivity index (χ0) is 13.9. The molecule has 20 heavy (non-hydrogen) atoms. The van der Waals surface area contributed by atoms with Crippen LogP contribution in [0.1, 0.15) is 5.56 Å². The van der Waals surface area contributed by atoms with Gasteiger partial charge in [0.15, 0.2) is 5.82 Å². The van der Waals surface area contributed by atoms with Crippen LogP contribution in [0, 0.1) is 6.92 Å². The molecule has 2 N–H and O–H groups in total. The topological polar surface area (TPSA) is 50.1 Å². The molecule has 4 heteroatoms. The Morgan fingerprint density at radius 1 is 1.00 bits per heavy atom. The number of rotatable bonds is 3. The maximum atomic E-state index is 9.28. The van der Waals surface area contributed by atoms with Crippen LogP contribution in [0.4, 0.5) is 11.5 Å². The van der Waals surface area contributed by atoms with E-state index in [4.69, 9.17) is 0 Å². The molecule has 0 unspecified atom stereocenters. The highest BCUT2D eigenvalue weighted by atomic mass is 16.3. The number of anilines is 2. The first kappa shape index (κ1) is 12.3. The molecule has 0 aliphatic heterocycles. The van der Waals surface area contributed by atoms with Crippen molar-refractivity contribution in [3.05, 3.63) is 66.4 Å². The summed E-state index contributed by atoms with van der Waals surface area (Å²) >= 11 is 0. The Morgan fingerprint density at radius 2 is 1.70 bits per heavy atom. The molecule has 3 aromatic rings. The highest BCUT2D eigenvalue weighted by Crippen LogP contribution is 2.21. The summed E-state index contributed by atoms with van der Waals surface area (Å²) in [6.07, 6.45) is 1.98. The van der Waals surface area contributed by atoms with Gasteiger partial charge in [0.05, 0.1) is 5.69 Å². The number of para-hydroxylation sites is 1. The fraction of sp³-hybridized carbons (Fsp3) is 0.0625. The van der Waals surface area contributed by atoms with Crippen molar-refractivity contribution in [2.75, 3.05) is 5.32 Å². The van der Waals surface area contributed by atoms with Crippen LogP contribution >= 0.6 is 0 Å². The molecule has 0 aliphatic rings. The zero-order valence-corrected chi connectivity index (χ0v) is 11.1. The van der Waals surface area contributed by atoms with Crippen molar-refractivity contribution >= 4 is 11.5 Å². The number of hydrogen-bond donors (Lipinski definition) is 2. The number of nitrogens with one attached hydrogen (secondary N) is 1. The third-order valence-corrected chi connectivity index (χ3v) is 3.05. The summed E-state index contributed by atoms with van der Waals surface area (Å²) in [5, 5.41) is 17.1. The first-order valence-electron chi connectivity index (χ1n) is 6.40. The van der Waals surface area contributed by atoms with E-state index in [0.717, 1.165) is 22.8 Å². The monoisotopic (exact) mass is 265 g/mol. The predicted octanol–water partition coefficient (Wildman–Crippen LogP) is 3.63. The lowest BCUT2D eigenvalue weighted by Gasteiger charge is -2.04. The average Bonchev–Trinajstić information content (AvgIpc) is 2.84. The maximum Gasteiger partial charge on any atom is 0.155 e. The van der Waals surface area contributed by atoms with Gasteiger partial charge in [-0.3, -0.25) is 0 Å². The summed E-state index contributed by atoms with van der Waals surface area (Å²) in [4.78, 5) is 0. The Bertz CT molecular complexity index is 702.